The van der Waals surface area contributed by atoms with E-state index >= 15 is 0 Å². The molecule has 0 aromatic heterocycles. The van der Waals surface area contributed by atoms with E-state index in [-0.39, 0.29) is 18.6 Å². The predicted octanol–water partition coefficient (Wildman–Crippen LogP) is 2.27. The van der Waals surface area contributed by atoms with E-state index in [4.69, 9.17) is 9.57 Å². The lowest BCUT2D eigenvalue weighted by atomic mass is 10.1. The van der Waals surface area contributed by atoms with Gasteiger partial charge >= 0.3 is 0 Å². The first-order chi connectivity index (χ1) is 12.2. The third-order valence-electron chi connectivity index (χ3n) is 4.71. The Morgan fingerprint density at radius 1 is 1.27 bits per heavy atom. The molecule has 7 nitrogen and oxygen atoms in total. The van der Waals surface area contributed by atoms with E-state index in [0.29, 0.717) is 34.7 Å². The van der Waals surface area contributed by atoms with Crippen LogP contribution in [0.25, 0.3) is 0 Å². The Morgan fingerprint density at radius 2 is 1.88 bits per heavy atom. The number of amides is 1. The third-order valence-corrected chi connectivity index (χ3v) is 6.97. The average molecular weight is 384 g/mol. The molecule has 1 heterocycles. The smallest absolute Gasteiger partial charge is 0.243 e. The summed E-state index contributed by atoms with van der Waals surface area (Å²) in [5.74, 6) is 0.414. The molecule has 1 saturated heterocycles. The molecule has 0 bridgehead atoms. The van der Waals surface area contributed by atoms with Crippen LogP contribution in [0.5, 0.6) is 5.75 Å². The number of methoxy groups -OCH3 is 1. The summed E-state index contributed by atoms with van der Waals surface area (Å²) in [5.41, 5.74) is 1.32. The number of ether oxygens (including phenoxy) is 1. The largest absolute Gasteiger partial charge is 0.497 e. The van der Waals surface area contributed by atoms with E-state index in [1.165, 1.54) is 18.3 Å². The van der Waals surface area contributed by atoms with Crippen LogP contribution >= 0.6 is 0 Å². The number of rotatable bonds is 6. The SMILES string of the molecule is COc1cc(C)c(S(=O)(=O)N2CCCCC2CON(C)C(C)=O)c(C)c1. The standard InChI is InChI=1S/C18H28N2O5S/c1-13-10-17(24-5)11-14(2)18(13)26(22,23)20-9-7-6-8-16(20)12-25-19(4)15(3)21/h10-11,16H,6-9,12H2,1-5H3. The molecule has 2 rings (SSSR count). The van der Waals surface area contributed by atoms with E-state index in [1.54, 1.807) is 33.1 Å². The Balaban J connectivity index is 2.32. The van der Waals surface area contributed by atoms with Crippen LogP contribution in [0.15, 0.2) is 17.0 Å². The minimum Gasteiger partial charge on any atom is -0.497 e. The van der Waals surface area contributed by atoms with E-state index in [0.717, 1.165) is 17.9 Å². The van der Waals surface area contributed by atoms with Crippen molar-refractivity contribution in [3.05, 3.63) is 23.3 Å². The Kier molecular flexibility index (Phi) is 6.65. The van der Waals surface area contributed by atoms with Crippen LogP contribution in [0.1, 0.15) is 37.3 Å². The average Bonchev–Trinajstić information content (AvgIpc) is 2.58. The van der Waals surface area contributed by atoms with E-state index < -0.39 is 10.0 Å². The summed E-state index contributed by atoms with van der Waals surface area (Å²) in [7, 11) is -0.580. The summed E-state index contributed by atoms with van der Waals surface area (Å²) in [6.45, 7) is 5.57. The summed E-state index contributed by atoms with van der Waals surface area (Å²) < 4.78 is 33.5. The Morgan fingerprint density at radius 3 is 2.42 bits per heavy atom. The van der Waals surface area contributed by atoms with Crippen molar-refractivity contribution >= 4 is 15.9 Å². The fourth-order valence-corrected chi connectivity index (χ4v) is 5.39. The summed E-state index contributed by atoms with van der Waals surface area (Å²) in [6.07, 6.45) is 2.45. The zero-order valence-electron chi connectivity index (χ0n) is 16.1. The van der Waals surface area contributed by atoms with Gasteiger partial charge in [-0.1, -0.05) is 6.42 Å². The fraction of sp³-hybridized carbons (Fsp3) is 0.611. The zero-order chi connectivity index (χ0) is 19.5. The number of carbonyl (C=O) groups excluding carboxylic acids is 1. The molecular formula is C18H28N2O5S. The number of nitrogens with zero attached hydrogens (tertiary/aromatic N) is 2. The molecule has 1 unspecified atom stereocenters. The molecule has 146 valence electrons. The molecule has 1 aliphatic heterocycles. The van der Waals surface area contributed by atoms with Crippen LogP contribution < -0.4 is 4.74 Å². The van der Waals surface area contributed by atoms with Crippen LogP contribution in [-0.2, 0) is 19.7 Å². The first kappa shape index (κ1) is 20.7. The van der Waals surface area contributed by atoms with Gasteiger partial charge < -0.3 is 4.74 Å². The maximum atomic E-state index is 13.4. The van der Waals surface area contributed by atoms with Crippen LogP contribution in [0.2, 0.25) is 0 Å². The maximum absolute atomic E-state index is 13.4. The normalized spacial score (nSPS) is 18.6. The number of aryl methyl sites for hydroxylation is 2. The molecule has 1 amide bonds. The molecule has 26 heavy (non-hydrogen) atoms. The lowest BCUT2D eigenvalue weighted by Gasteiger charge is -2.35. The van der Waals surface area contributed by atoms with E-state index in [2.05, 4.69) is 0 Å². The second-order valence-electron chi connectivity index (χ2n) is 6.67. The van der Waals surface area contributed by atoms with Gasteiger partial charge in [0.1, 0.15) is 5.75 Å². The summed E-state index contributed by atoms with van der Waals surface area (Å²) >= 11 is 0. The predicted molar refractivity (Wildman–Crippen MR) is 98.4 cm³/mol. The monoisotopic (exact) mass is 384 g/mol. The lowest BCUT2D eigenvalue weighted by Crippen LogP contribution is -2.47. The minimum atomic E-state index is -3.67. The number of hydrogen-bond donors (Lipinski definition) is 0. The lowest BCUT2D eigenvalue weighted by molar-refractivity contribution is -0.180. The fourth-order valence-electron chi connectivity index (χ4n) is 3.30. The summed E-state index contributed by atoms with van der Waals surface area (Å²) in [6, 6.07) is 3.18. The van der Waals surface area contributed by atoms with Gasteiger partial charge in [-0.3, -0.25) is 9.63 Å². The topological polar surface area (TPSA) is 76.2 Å². The zero-order valence-corrected chi connectivity index (χ0v) is 16.9. The van der Waals surface area contributed by atoms with Crippen molar-refractivity contribution in [2.75, 3.05) is 27.3 Å². The van der Waals surface area contributed by atoms with Gasteiger partial charge in [-0.2, -0.15) is 4.31 Å². The molecule has 1 atom stereocenters. The molecular weight excluding hydrogens is 356 g/mol. The second kappa shape index (κ2) is 8.37. The van der Waals surface area contributed by atoms with Crippen molar-refractivity contribution < 1.29 is 22.8 Å². The molecule has 0 aliphatic carbocycles. The van der Waals surface area contributed by atoms with Crippen LogP contribution in [-0.4, -0.2) is 57.0 Å². The highest BCUT2D eigenvalue weighted by atomic mass is 32.2. The van der Waals surface area contributed by atoms with Gasteiger partial charge in [0.05, 0.1) is 24.7 Å². The Hall–Kier alpha value is -1.64. The number of hydroxylamine groups is 2. The van der Waals surface area contributed by atoms with Crippen LogP contribution in [0, 0.1) is 13.8 Å². The third kappa shape index (κ3) is 4.36. The minimum absolute atomic E-state index is 0.156. The van der Waals surface area contributed by atoms with Crippen LogP contribution in [0.4, 0.5) is 0 Å². The molecule has 1 aliphatic rings. The highest BCUT2D eigenvalue weighted by Gasteiger charge is 2.36. The summed E-state index contributed by atoms with van der Waals surface area (Å²) in [4.78, 5) is 17.1. The molecule has 0 spiro atoms. The quantitative estimate of drug-likeness (QED) is 0.703. The van der Waals surface area contributed by atoms with Crippen molar-refractivity contribution in [2.24, 2.45) is 0 Å². The molecule has 1 aromatic carbocycles. The van der Waals surface area contributed by atoms with Crippen molar-refractivity contribution in [1.29, 1.82) is 0 Å². The van der Waals surface area contributed by atoms with E-state index in [1.807, 2.05) is 0 Å². The van der Waals surface area contributed by atoms with Gasteiger partial charge in [0.2, 0.25) is 15.9 Å². The Bertz CT molecular complexity index is 740. The highest BCUT2D eigenvalue weighted by Crippen LogP contribution is 2.31. The number of hydrogen-bond acceptors (Lipinski definition) is 5. The van der Waals surface area contributed by atoms with Gasteiger partial charge in [-0.25, -0.2) is 13.5 Å². The first-order valence-corrected chi connectivity index (χ1v) is 10.2. The van der Waals surface area contributed by atoms with Crippen molar-refractivity contribution in [1.82, 2.24) is 9.37 Å². The second-order valence-corrected chi connectivity index (χ2v) is 8.50. The molecule has 1 aromatic rings. The maximum Gasteiger partial charge on any atom is 0.243 e. The van der Waals surface area contributed by atoms with Gasteiger partial charge in [0.15, 0.2) is 0 Å². The van der Waals surface area contributed by atoms with Crippen LogP contribution in [0.3, 0.4) is 0 Å². The first-order valence-electron chi connectivity index (χ1n) is 8.72. The highest BCUT2D eigenvalue weighted by molar-refractivity contribution is 7.89. The number of sulfonamides is 1. The summed E-state index contributed by atoms with van der Waals surface area (Å²) in [5, 5.41) is 1.14. The number of piperidine rings is 1. The molecule has 0 radical (unpaired) electrons. The van der Waals surface area contributed by atoms with Gasteiger partial charge in [0.25, 0.3) is 0 Å². The Labute approximate surface area is 155 Å². The van der Waals surface area contributed by atoms with Crippen molar-refractivity contribution in [2.45, 2.75) is 51.0 Å². The molecule has 8 heteroatoms. The number of benzene rings is 1. The molecule has 0 saturated carbocycles. The molecule has 0 N–H and O–H groups in total. The van der Waals surface area contributed by atoms with E-state index in [9.17, 15) is 13.2 Å². The van der Waals surface area contributed by atoms with Crippen molar-refractivity contribution in [3.63, 3.8) is 0 Å². The number of carbonyl (C=O) groups is 1. The van der Waals surface area contributed by atoms with Gasteiger partial charge in [-0.15, -0.1) is 0 Å². The van der Waals surface area contributed by atoms with Crippen molar-refractivity contribution in [3.8, 4) is 5.75 Å². The van der Waals surface area contributed by atoms with Gasteiger partial charge in [0, 0.05) is 20.5 Å². The molecule has 1 fully saturated rings. The van der Waals surface area contributed by atoms with Gasteiger partial charge in [-0.05, 0) is 49.9 Å².